The number of unbranched alkanes of at least 4 members (excludes halogenated alkanes) is 1. The molecular weight excluding hydrogens is 622 g/mol. The Bertz CT molecular complexity index is 1460. The molecule has 0 saturated heterocycles. The zero-order valence-corrected chi connectivity index (χ0v) is 31.3. The van der Waals surface area contributed by atoms with Crippen LogP contribution >= 0.6 is 0 Å². The standard InChI is InChI=1S/C43H61N3O4/c1-30(2)9-8-10-31(3)38-17-18-39-37-16-11-32-29-36(19-23-42(32,4)40(37)20-24-43(38,39)5)50-41(47)49-28-7-6-27-48-35-14-12-33(13-15-35)45-46-34-21-25-44-26-22-34/h11-15,21-22,25-26,30-31,36-40H,6-10,16-20,23-24,27-29H2,1-5H3/t31-,36+,37+,38-,39+,40+,42+,43-/m1/s1. The maximum Gasteiger partial charge on any atom is 0.508 e. The first-order valence-corrected chi connectivity index (χ1v) is 19.7. The largest absolute Gasteiger partial charge is 0.508 e. The van der Waals surface area contributed by atoms with Crippen molar-refractivity contribution in [1.82, 2.24) is 4.98 Å². The summed E-state index contributed by atoms with van der Waals surface area (Å²) in [6.07, 6.45) is 20.8. The third-order valence-corrected chi connectivity index (χ3v) is 13.3. The number of hydrogen-bond donors (Lipinski definition) is 0. The van der Waals surface area contributed by atoms with Gasteiger partial charge in [0.15, 0.2) is 0 Å². The highest BCUT2D eigenvalue weighted by molar-refractivity contribution is 5.60. The number of pyridine rings is 1. The molecule has 8 atom stereocenters. The third kappa shape index (κ3) is 8.45. The zero-order chi connectivity index (χ0) is 35.1. The number of rotatable bonds is 14. The molecule has 4 aliphatic carbocycles. The number of ether oxygens (including phenoxy) is 3. The zero-order valence-electron chi connectivity index (χ0n) is 31.3. The van der Waals surface area contributed by atoms with Crippen molar-refractivity contribution < 1.29 is 19.0 Å². The van der Waals surface area contributed by atoms with Crippen LogP contribution in [-0.4, -0.2) is 30.5 Å². The minimum atomic E-state index is -0.529. The second kappa shape index (κ2) is 16.4. The van der Waals surface area contributed by atoms with Crippen LogP contribution in [0.5, 0.6) is 5.75 Å². The first-order chi connectivity index (χ1) is 24.2. The summed E-state index contributed by atoms with van der Waals surface area (Å²) in [6, 6.07) is 11.1. The van der Waals surface area contributed by atoms with E-state index in [1.165, 1.54) is 51.4 Å². The van der Waals surface area contributed by atoms with Gasteiger partial charge in [0, 0.05) is 18.8 Å². The highest BCUT2D eigenvalue weighted by Crippen LogP contribution is 2.67. The maximum absolute atomic E-state index is 12.6. The van der Waals surface area contributed by atoms with Crippen molar-refractivity contribution in [2.75, 3.05) is 13.2 Å². The molecule has 1 aromatic heterocycles. The van der Waals surface area contributed by atoms with E-state index >= 15 is 0 Å². The number of hydrogen-bond acceptors (Lipinski definition) is 7. The molecule has 1 aromatic carbocycles. The van der Waals surface area contributed by atoms with Crippen molar-refractivity contribution in [1.29, 1.82) is 0 Å². The molecule has 2 aromatic rings. The molecule has 7 heteroatoms. The minimum absolute atomic E-state index is 0.0784. The van der Waals surface area contributed by atoms with Crippen LogP contribution in [0.2, 0.25) is 0 Å². The molecule has 50 heavy (non-hydrogen) atoms. The van der Waals surface area contributed by atoms with Crippen LogP contribution in [0.15, 0.2) is 70.7 Å². The van der Waals surface area contributed by atoms with Crippen molar-refractivity contribution >= 4 is 17.5 Å². The van der Waals surface area contributed by atoms with Gasteiger partial charge in [-0.1, -0.05) is 65.5 Å². The van der Waals surface area contributed by atoms with Gasteiger partial charge in [-0.25, -0.2) is 4.79 Å². The van der Waals surface area contributed by atoms with Crippen LogP contribution in [0.1, 0.15) is 118 Å². The van der Waals surface area contributed by atoms with Gasteiger partial charge >= 0.3 is 6.16 Å². The summed E-state index contributed by atoms with van der Waals surface area (Å²) in [5.41, 5.74) is 3.82. The van der Waals surface area contributed by atoms with Gasteiger partial charge in [0.2, 0.25) is 0 Å². The molecule has 0 bridgehead atoms. The summed E-state index contributed by atoms with van der Waals surface area (Å²) in [4.78, 5) is 16.6. The highest BCUT2D eigenvalue weighted by Gasteiger charge is 2.59. The lowest BCUT2D eigenvalue weighted by atomic mass is 9.47. The van der Waals surface area contributed by atoms with E-state index in [2.05, 4.69) is 55.9 Å². The molecular formula is C43H61N3O4. The second-order valence-corrected chi connectivity index (χ2v) is 16.8. The van der Waals surface area contributed by atoms with Gasteiger partial charge in [-0.15, -0.1) is 0 Å². The topological polar surface area (TPSA) is 82.4 Å². The van der Waals surface area contributed by atoms with E-state index in [-0.39, 0.29) is 11.5 Å². The van der Waals surface area contributed by atoms with Crippen molar-refractivity contribution in [3.63, 3.8) is 0 Å². The fourth-order valence-electron chi connectivity index (χ4n) is 10.6. The number of aromatic nitrogens is 1. The van der Waals surface area contributed by atoms with E-state index in [4.69, 9.17) is 14.2 Å². The van der Waals surface area contributed by atoms with Crippen molar-refractivity contribution in [2.45, 2.75) is 124 Å². The second-order valence-electron chi connectivity index (χ2n) is 16.8. The molecule has 0 N–H and O–H groups in total. The van der Waals surface area contributed by atoms with Gasteiger partial charge < -0.3 is 14.2 Å². The SMILES string of the molecule is CC(C)CCC[C@@H](C)[C@H]1CC[C@H]2[C@@H]3CC=C4C[C@@H](OC(=O)OCCCCOc5ccc(N=Nc6ccncc6)cc5)CC[C@]4(C)[C@H]3CC[C@]12C. The predicted octanol–water partition coefficient (Wildman–Crippen LogP) is 12.2. The van der Waals surface area contributed by atoms with E-state index in [1.807, 2.05) is 36.4 Å². The van der Waals surface area contributed by atoms with Crippen LogP contribution in [0.4, 0.5) is 16.2 Å². The number of carbonyl (C=O) groups excluding carboxylic acids is 1. The lowest BCUT2D eigenvalue weighted by molar-refractivity contribution is -0.0617. The number of fused-ring (bicyclic) bond motifs is 5. The fourth-order valence-corrected chi connectivity index (χ4v) is 10.6. The van der Waals surface area contributed by atoms with E-state index in [9.17, 15) is 4.79 Å². The maximum atomic E-state index is 12.6. The Morgan fingerprint density at radius 2 is 1.60 bits per heavy atom. The van der Waals surface area contributed by atoms with Crippen molar-refractivity contribution in [3.05, 3.63) is 60.4 Å². The molecule has 0 unspecified atom stereocenters. The molecule has 0 radical (unpaired) electrons. The van der Waals surface area contributed by atoms with Crippen LogP contribution in [0.3, 0.4) is 0 Å². The lowest BCUT2D eigenvalue weighted by Gasteiger charge is -2.58. The van der Waals surface area contributed by atoms with Gasteiger partial charge in [-0.3, -0.25) is 4.98 Å². The summed E-state index contributed by atoms with van der Waals surface area (Å²) < 4.78 is 17.2. The number of allylic oxidation sites excluding steroid dienone is 1. The number of nitrogens with zero attached hydrogens (tertiary/aromatic N) is 3. The average Bonchev–Trinajstić information content (AvgIpc) is 3.47. The Morgan fingerprint density at radius 3 is 2.36 bits per heavy atom. The quantitative estimate of drug-likeness (QED) is 0.0856. The molecule has 0 spiro atoms. The average molecular weight is 684 g/mol. The van der Waals surface area contributed by atoms with E-state index < -0.39 is 6.16 Å². The normalized spacial score (nSPS) is 31.0. The molecule has 7 nitrogen and oxygen atoms in total. The Morgan fingerprint density at radius 1 is 0.860 bits per heavy atom. The minimum Gasteiger partial charge on any atom is -0.494 e. The first-order valence-electron chi connectivity index (χ1n) is 19.7. The smallest absolute Gasteiger partial charge is 0.494 e. The fraction of sp³-hybridized carbons (Fsp3) is 0.674. The molecule has 0 amide bonds. The van der Waals surface area contributed by atoms with Crippen LogP contribution in [0.25, 0.3) is 0 Å². The van der Waals surface area contributed by atoms with Gasteiger partial charge in [0.25, 0.3) is 0 Å². The van der Waals surface area contributed by atoms with Crippen molar-refractivity contribution in [2.24, 2.45) is 56.6 Å². The molecule has 3 fully saturated rings. The summed E-state index contributed by atoms with van der Waals surface area (Å²) in [6.45, 7) is 13.4. The number of benzene rings is 1. The Labute approximate surface area is 301 Å². The lowest BCUT2D eigenvalue weighted by Crippen LogP contribution is -2.51. The van der Waals surface area contributed by atoms with Crippen molar-refractivity contribution in [3.8, 4) is 5.75 Å². The van der Waals surface area contributed by atoms with Gasteiger partial charge in [0.1, 0.15) is 11.9 Å². The predicted molar refractivity (Wildman–Crippen MR) is 199 cm³/mol. The molecule has 4 aliphatic rings. The Kier molecular flexibility index (Phi) is 12.0. The molecule has 1 heterocycles. The summed E-state index contributed by atoms with van der Waals surface area (Å²) >= 11 is 0. The van der Waals surface area contributed by atoms with E-state index in [0.717, 1.165) is 84.7 Å². The molecule has 6 rings (SSSR count). The Hall–Kier alpha value is -3.22. The number of carbonyl (C=O) groups is 1. The molecule has 272 valence electrons. The summed E-state index contributed by atoms with van der Waals surface area (Å²) in [7, 11) is 0. The molecule has 0 aliphatic heterocycles. The van der Waals surface area contributed by atoms with Gasteiger partial charge in [-0.05, 0) is 141 Å². The van der Waals surface area contributed by atoms with Gasteiger partial charge in [0.05, 0.1) is 24.6 Å². The van der Waals surface area contributed by atoms with E-state index in [1.54, 1.807) is 18.0 Å². The van der Waals surface area contributed by atoms with E-state index in [0.29, 0.717) is 18.6 Å². The monoisotopic (exact) mass is 683 g/mol. The van der Waals surface area contributed by atoms with Crippen LogP contribution < -0.4 is 4.74 Å². The van der Waals surface area contributed by atoms with Gasteiger partial charge in [-0.2, -0.15) is 10.2 Å². The highest BCUT2D eigenvalue weighted by atomic mass is 16.7. The Balaban J connectivity index is 0.902. The van der Waals surface area contributed by atoms with Crippen LogP contribution in [0, 0.1) is 46.3 Å². The first kappa shape index (κ1) is 36.6. The van der Waals surface area contributed by atoms with Crippen LogP contribution in [-0.2, 0) is 9.47 Å². The number of azo groups is 1. The molecule has 3 saturated carbocycles. The third-order valence-electron chi connectivity index (χ3n) is 13.3. The summed E-state index contributed by atoms with van der Waals surface area (Å²) in [5, 5.41) is 8.45. The summed E-state index contributed by atoms with van der Waals surface area (Å²) in [5.74, 6) is 5.78.